The summed E-state index contributed by atoms with van der Waals surface area (Å²) in [5, 5.41) is 0.444. The second kappa shape index (κ2) is 3.43. The lowest BCUT2D eigenvalue weighted by Gasteiger charge is -2.45. The van der Waals surface area contributed by atoms with Crippen LogP contribution in [0.5, 0.6) is 0 Å². The smallest absolute Gasteiger partial charge is 0.273 e. The van der Waals surface area contributed by atoms with E-state index in [-0.39, 0.29) is 10.1 Å². The quantitative estimate of drug-likeness (QED) is 0.505. The molecule has 0 aliphatic heterocycles. The Balaban J connectivity index is 4.95. The van der Waals surface area contributed by atoms with E-state index in [1.165, 1.54) is 0 Å². The molecule has 0 N–H and O–H groups in total. The summed E-state index contributed by atoms with van der Waals surface area (Å²) in [7, 11) is 1.82. The summed E-state index contributed by atoms with van der Waals surface area (Å²) < 4.78 is 5.72. The van der Waals surface area contributed by atoms with Gasteiger partial charge in [-0.15, -0.1) is 0 Å². The summed E-state index contributed by atoms with van der Waals surface area (Å²) in [4.78, 5) is 0. The fourth-order valence-electron chi connectivity index (χ4n) is 1.74. The maximum Gasteiger partial charge on any atom is 0.273 e. The zero-order valence-corrected chi connectivity index (χ0v) is 11.9. The van der Waals surface area contributed by atoms with Gasteiger partial charge < -0.3 is 4.43 Å². The third kappa shape index (κ3) is 2.12. The molecule has 0 aliphatic rings. The van der Waals surface area contributed by atoms with E-state index in [0.29, 0.717) is 0 Å². The van der Waals surface area contributed by atoms with Crippen molar-refractivity contribution in [1.29, 1.82) is 0 Å². The highest BCUT2D eigenvalue weighted by Crippen LogP contribution is 2.54. The zero-order chi connectivity index (χ0) is 10.2. The van der Waals surface area contributed by atoms with Crippen LogP contribution in [0.2, 0.25) is 10.1 Å². The van der Waals surface area contributed by atoms with E-state index in [2.05, 4.69) is 56.8 Å². The number of hydrogen-bond acceptors (Lipinski definition) is 1. The molecule has 1 nitrogen and oxygen atoms in total. The Labute approximate surface area is 85.6 Å². The van der Waals surface area contributed by atoms with E-state index < -0.39 is 6.94 Å². The lowest BCUT2D eigenvalue weighted by atomic mass is 10.2. The Kier molecular flexibility index (Phi) is 3.61. The first-order valence-electron chi connectivity index (χ1n) is 4.30. The fourth-order valence-corrected chi connectivity index (χ4v) is 5.21. The van der Waals surface area contributed by atoms with Crippen LogP contribution >= 0.6 is 15.3 Å². The van der Waals surface area contributed by atoms with E-state index in [4.69, 9.17) is 4.43 Å². The monoisotopic (exact) mass is 252 g/mol. The van der Waals surface area contributed by atoms with Crippen molar-refractivity contribution in [2.75, 3.05) is 7.11 Å². The largest absolute Gasteiger partial charge is 0.409 e. The Hall–Kier alpha value is 0.657. The van der Waals surface area contributed by atoms with Gasteiger partial charge in [0.05, 0.1) is 0 Å². The first-order chi connectivity index (χ1) is 5.06. The Morgan fingerprint density at radius 1 is 0.917 bits per heavy atom. The molecule has 0 aromatic rings. The highest BCUT2D eigenvalue weighted by atomic mass is 79.9. The van der Waals surface area contributed by atoms with Gasteiger partial charge in [-0.25, -0.2) is 0 Å². The SMILES string of the molecule is CO[Si](Br)(C(C)(C)C)C(C)(C)C. The molecule has 74 valence electrons. The molecule has 12 heavy (non-hydrogen) atoms. The highest BCUT2D eigenvalue weighted by molar-refractivity contribution is 9.26. The maximum atomic E-state index is 5.72. The summed E-state index contributed by atoms with van der Waals surface area (Å²) in [6.07, 6.45) is 0. The average Bonchev–Trinajstić information content (AvgIpc) is 1.81. The van der Waals surface area contributed by atoms with Crippen LogP contribution in [0.1, 0.15) is 41.5 Å². The van der Waals surface area contributed by atoms with E-state index in [0.717, 1.165) is 0 Å². The predicted molar refractivity (Wildman–Crippen MR) is 61.1 cm³/mol. The molecule has 0 aromatic carbocycles. The van der Waals surface area contributed by atoms with Crippen LogP contribution in [0.3, 0.4) is 0 Å². The van der Waals surface area contributed by atoms with Crippen molar-refractivity contribution < 1.29 is 4.43 Å². The molecule has 0 rings (SSSR count). The number of rotatable bonds is 1. The van der Waals surface area contributed by atoms with Gasteiger partial charge in [-0.05, 0) is 10.1 Å². The lowest BCUT2D eigenvalue weighted by Crippen LogP contribution is -2.48. The molecule has 0 atom stereocenters. The van der Waals surface area contributed by atoms with Gasteiger partial charge in [-0.3, -0.25) is 0 Å². The average molecular weight is 253 g/mol. The maximum absolute atomic E-state index is 5.72. The van der Waals surface area contributed by atoms with E-state index >= 15 is 0 Å². The summed E-state index contributed by atoms with van der Waals surface area (Å²) in [6.45, 7) is 11.6. The number of halogens is 1. The van der Waals surface area contributed by atoms with Gasteiger partial charge in [0.1, 0.15) is 0 Å². The molecule has 0 bridgehead atoms. The third-order valence-electron chi connectivity index (χ3n) is 2.21. The minimum absolute atomic E-state index is 0.222. The summed E-state index contributed by atoms with van der Waals surface area (Å²) in [5.74, 6) is 0. The molecule has 0 fully saturated rings. The molecular weight excluding hydrogens is 232 g/mol. The Morgan fingerprint density at radius 3 is 1.17 bits per heavy atom. The number of hydrogen-bond donors (Lipinski definition) is 0. The van der Waals surface area contributed by atoms with Crippen LogP contribution in [0.15, 0.2) is 0 Å². The van der Waals surface area contributed by atoms with Gasteiger partial charge in [0.15, 0.2) is 0 Å². The summed E-state index contributed by atoms with van der Waals surface area (Å²) >= 11 is 3.84. The first-order valence-corrected chi connectivity index (χ1v) is 8.47. The van der Waals surface area contributed by atoms with Gasteiger partial charge in [0.25, 0.3) is 6.94 Å². The van der Waals surface area contributed by atoms with Crippen LogP contribution in [0.25, 0.3) is 0 Å². The standard InChI is InChI=1S/C9H21BrOSi/c1-8(2,3)12(10,11-7)9(4,5)6/h1-7H3. The van der Waals surface area contributed by atoms with Crippen LogP contribution < -0.4 is 0 Å². The molecule has 0 aliphatic carbocycles. The minimum Gasteiger partial charge on any atom is -0.409 e. The van der Waals surface area contributed by atoms with Crippen LogP contribution in [-0.4, -0.2) is 14.0 Å². The Bertz CT molecular complexity index is 141. The fraction of sp³-hybridized carbons (Fsp3) is 1.00. The minimum atomic E-state index is -1.81. The topological polar surface area (TPSA) is 9.23 Å². The molecule has 0 spiro atoms. The molecule has 0 unspecified atom stereocenters. The first kappa shape index (κ1) is 12.7. The molecular formula is C9H21BrOSi. The van der Waals surface area contributed by atoms with Gasteiger partial charge >= 0.3 is 0 Å². The van der Waals surface area contributed by atoms with Crippen molar-refractivity contribution >= 4 is 22.2 Å². The van der Waals surface area contributed by atoms with Crippen molar-refractivity contribution in [2.24, 2.45) is 0 Å². The van der Waals surface area contributed by atoms with Crippen molar-refractivity contribution in [3.8, 4) is 0 Å². The second-order valence-corrected chi connectivity index (χ2v) is 13.2. The van der Waals surface area contributed by atoms with Crippen LogP contribution in [-0.2, 0) is 4.43 Å². The molecule has 0 amide bonds. The van der Waals surface area contributed by atoms with Gasteiger partial charge in [0.2, 0.25) is 0 Å². The van der Waals surface area contributed by atoms with E-state index in [1.54, 1.807) is 0 Å². The Morgan fingerprint density at radius 2 is 1.17 bits per heavy atom. The molecule has 0 saturated heterocycles. The molecule has 0 heterocycles. The zero-order valence-electron chi connectivity index (χ0n) is 9.29. The van der Waals surface area contributed by atoms with Gasteiger partial charge in [-0.1, -0.05) is 56.8 Å². The van der Waals surface area contributed by atoms with Crippen molar-refractivity contribution in [2.45, 2.75) is 51.6 Å². The van der Waals surface area contributed by atoms with Crippen molar-refractivity contribution in [3.05, 3.63) is 0 Å². The van der Waals surface area contributed by atoms with Gasteiger partial charge in [-0.2, -0.15) is 0 Å². The van der Waals surface area contributed by atoms with Crippen LogP contribution in [0, 0.1) is 0 Å². The lowest BCUT2D eigenvalue weighted by molar-refractivity contribution is 0.353. The van der Waals surface area contributed by atoms with Crippen molar-refractivity contribution in [1.82, 2.24) is 0 Å². The molecule has 3 heteroatoms. The highest BCUT2D eigenvalue weighted by Gasteiger charge is 2.52. The second-order valence-electron chi connectivity index (χ2n) is 5.30. The van der Waals surface area contributed by atoms with E-state index in [9.17, 15) is 0 Å². The third-order valence-corrected chi connectivity index (χ3v) is 14.7. The summed E-state index contributed by atoms with van der Waals surface area (Å²) in [5.41, 5.74) is 0. The molecule has 0 radical (unpaired) electrons. The molecule has 0 saturated carbocycles. The van der Waals surface area contributed by atoms with Crippen molar-refractivity contribution in [3.63, 3.8) is 0 Å². The predicted octanol–water partition coefficient (Wildman–Crippen LogP) is 4.07. The normalized spacial score (nSPS) is 15.0. The van der Waals surface area contributed by atoms with Gasteiger partial charge in [0, 0.05) is 7.11 Å². The molecule has 0 aromatic heterocycles. The summed E-state index contributed by atoms with van der Waals surface area (Å²) in [6, 6.07) is 0. The van der Waals surface area contributed by atoms with Crippen LogP contribution in [0.4, 0.5) is 0 Å². The van der Waals surface area contributed by atoms with E-state index in [1.807, 2.05) is 7.11 Å².